The summed E-state index contributed by atoms with van der Waals surface area (Å²) in [7, 11) is 0. The van der Waals surface area contributed by atoms with Gasteiger partial charge in [0.2, 0.25) is 0 Å². The van der Waals surface area contributed by atoms with Gasteiger partial charge in [-0.15, -0.1) is 0 Å². The number of hydrogen-bond donors (Lipinski definition) is 1. The molecule has 2 unspecified atom stereocenters. The summed E-state index contributed by atoms with van der Waals surface area (Å²) in [5.74, 6) is 0.936. The van der Waals surface area contributed by atoms with Crippen molar-refractivity contribution >= 4 is 0 Å². The molecule has 1 fully saturated rings. The number of hydrogen-bond acceptors (Lipinski definition) is 3. The molecule has 19 heavy (non-hydrogen) atoms. The lowest BCUT2D eigenvalue weighted by Crippen LogP contribution is -2.35. The van der Waals surface area contributed by atoms with Crippen molar-refractivity contribution in [3.05, 3.63) is 29.8 Å². The average Bonchev–Trinajstić information content (AvgIpc) is 2.47. The minimum atomic E-state index is 0.293. The molecule has 2 atom stereocenters. The summed E-state index contributed by atoms with van der Waals surface area (Å²) in [6, 6.07) is 8.69. The molecule has 1 heterocycles. The summed E-state index contributed by atoms with van der Waals surface area (Å²) >= 11 is 0. The predicted molar refractivity (Wildman–Crippen MR) is 77.6 cm³/mol. The topological polar surface area (TPSA) is 30.5 Å². The maximum atomic E-state index is 5.93. The van der Waals surface area contributed by atoms with Gasteiger partial charge in [0.15, 0.2) is 0 Å². The highest BCUT2D eigenvalue weighted by atomic mass is 16.5. The van der Waals surface area contributed by atoms with E-state index in [1.807, 2.05) is 19.1 Å². The lowest BCUT2D eigenvalue weighted by molar-refractivity contribution is -0.00787. The third-order valence-corrected chi connectivity index (χ3v) is 3.56. The van der Waals surface area contributed by atoms with Crippen LogP contribution in [0.4, 0.5) is 0 Å². The molecule has 0 aromatic heterocycles. The zero-order valence-electron chi connectivity index (χ0n) is 12.0. The van der Waals surface area contributed by atoms with Gasteiger partial charge in [-0.2, -0.15) is 0 Å². The smallest absolute Gasteiger partial charge is 0.119 e. The van der Waals surface area contributed by atoms with Crippen LogP contribution < -0.4 is 10.1 Å². The normalized spacial score (nSPS) is 21.1. The van der Waals surface area contributed by atoms with E-state index in [1.165, 1.54) is 18.4 Å². The second-order valence-corrected chi connectivity index (χ2v) is 4.94. The van der Waals surface area contributed by atoms with Gasteiger partial charge >= 0.3 is 0 Å². The van der Waals surface area contributed by atoms with E-state index in [0.29, 0.717) is 18.8 Å². The van der Waals surface area contributed by atoms with Crippen LogP contribution in [0.5, 0.6) is 5.75 Å². The van der Waals surface area contributed by atoms with Crippen molar-refractivity contribution in [1.29, 1.82) is 0 Å². The first-order valence-corrected chi connectivity index (χ1v) is 7.43. The van der Waals surface area contributed by atoms with Gasteiger partial charge in [-0.25, -0.2) is 0 Å². The molecule has 3 heteroatoms. The second kappa shape index (κ2) is 7.51. The van der Waals surface area contributed by atoms with E-state index in [0.717, 1.165) is 25.3 Å². The third kappa shape index (κ3) is 3.95. The molecule has 1 aliphatic rings. The zero-order chi connectivity index (χ0) is 13.5. The number of benzene rings is 1. The maximum Gasteiger partial charge on any atom is 0.119 e. The average molecular weight is 263 g/mol. The van der Waals surface area contributed by atoms with E-state index >= 15 is 0 Å². The molecule has 1 aromatic carbocycles. The van der Waals surface area contributed by atoms with Gasteiger partial charge < -0.3 is 14.8 Å². The largest absolute Gasteiger partial charge is 0.494 e. The summed E-state index contributed by atoms with van der Waals surface area (Å²) in [5.41, 5.74) is 1.29. The fourth-order valence-electron chi connectivity index (χ4n) is 2.65. The van der Waals surface area contributed by atoms with Crippen LogP contribution in [0.2, 0.25) is 0 Å². The molecule has 1 N–H and O–H groups in total. The van der Waals surface area contributed by atoms with E-state index in [1.54, 1.807) is 0 Å². The fraction of sp³-hybridized carbons (Fsp3) is 0.625. The zero-order valence-corrected chi connectivity index (χ0v) is 12.0. The van der Waals surface area contributed by atoms with Crippen molar-refractivity contribution in [1.82, 2.24) is 5.32 Å². The Balaban J connectivity index is 2.08. The first-order chi connectivity index (χ1) is 9.35. The third-order valence-electron chi connectivity index (χ3n) is 3.56. The number of ether oxygens (including phenoxy) is 2. The molecule has 3 nitrogen and oxygen atoms in total. The molecule has 0 radical (unpaired) electrons. The van der Waals surface area contributed by atoms with Crippen LogP contribution in [0.3, 0.4) is 0 Å². The Labute approximate surface area is 116 Å². The number of rotatable bonds is 6. The molecular formula is C16H25NO2. The van der Waals surface area contributed by atoms with E-state index < -0.39 is 0 Å². The van der Waals surface area contributed by atoms with Crippen molar-refractivity contribution < 1.29 is 9.47 Å². The van der Waals surface area contributed by atoms with Gasteiger partial charge in [0, 0.05) is 6.61 Å². The number of likely N-dealkylation sites (N-methyl/N-ethyl adjacent to an activating group) is 1. The Morgan fingerprint density at radius 1 is 1.26 bits per heavy atom. The van der Waals surface area contributed by atoms with Gasteiger partial charge in [0.1, 0.15) is 5.75 Å². The van der Waals surface area contributed by atoms with Gasteiger partial charge in [0.25, 0.3) is 0 Å². The first kappa shape index (κ1) is 14.4. The quantitative estimate of drug-likeness (QED) is 0.854. The molecule has 1 aromatic rings. The van der Waals surface area contributed by atoms with Gasteiger partial charge in [-0.3, -0.25) is 0 Å². The van der Waals surface area contributed by atoms with E-state index in [-0.39, 0.29) is 0 Å². The van der Waals surface area contributed by atoms with Crippen LogP contribution in [0.1, 0.15) is 44.7 Å². The van der Waals surface area contributed by atoms with Crippen molar-refractivity contribution in [3.8, 4) is 5.75 Å². The lowest BCUT2D eigenvalue weighted by Gasteiger charge is -2.31. The van der Waals surface area contributed by atoms with Crippen LogP contribution in [-0.4, -0.2) is 25.9 Å². The number of nitrogens with one attached hydrogen (secondary N) is 1. The Morgan fingerprint density at radius 3 is 2.63 bits per heavy atom. The fourth-order valence-corrected chi connectivity index (χ4v) is 2.65. The van der Waals surface area contributed by atoms with E-state index in [2.05, 4.69) is 24.4 Å². The molecule has 106 valence electrons. The summed E-state index contributed by atoms with van der Waals surface area (Å²) in [5, 5.41) is 3.55. The van der Waals surface area contributed by atoms with Crippen molar-refractivity contribution in [2.45, 2.75) is 45.3 Å². The van der Waals surface area contributed by atoms with Crippen LogP contribution in [0, 0.1) is 0 Å². The summed E-state index contributed by atoms with van der Waals surface area (Å²) in [4.78, 5) is 0. The first-order valence-electron chi connectivity index (χ1n) is 7.43. The molecule has 1 saturated heterocycles. The summed E-state index contributed by atoms with van der Waals surface area (Å²) in [6.07, 6.45) is 3.90. The highest BCUT2D eigenvalue weighted by Crippen LogP contribution is 2.27. The summed E-state index contributed by atoms with van der Waals surface area (Å²) in [6.45, 7) is 6.71. The maximum absolute atomic E-state index is 5.93. The van der Waals surface area contributed by atoms with Crippen LogP contribution in [-0.2, 0) is 4.74 Å². The molecule has 0 saturated carbocycles. The van der Waals surface area contributed by atoms with Crippen molar-refractivity contribution in [2.75, 3.05) is 19.8 Å². The Kier molecular flexibility index (Phi) is 5.67. The predicted octanol–water partition coefficient (Wildman–Crippen LogP) is 3.31. The van der Waals surface area contributed by atoms with Crippen LogP contribution in [0.15, 0.2) is 24.3 Å². The molecule has 0 aliphatic carbocycles. The monoisotopic (exact) mass is 263 g/mol. The van der Waals surface area contributed by atoms with Crippen molar-refractivity contribution in [3.63, 3.8) is 0 Å². The van der Waals surface area contributed by atoms with Crippen molar-refractivity contribution in [2.24, 2.45) is 0 Å². The minimum Gasteiger partial charge on any atom is -0.494 e. The Bertz CT molecular complexity index is 358. The van der Waals surface area contributed by atoms with E-state index in [4.69, 9.17) is 9.47 Å². The highest BCUT2D eigenvalue weighted by molar-refractivity contribution is 5.29. The molecule has 0 bridgehead atoms. The highest BCUT2D eigenvalue weighted by Gasteiger charge is 2.25. The lowest BCUT2D eigenvalue weighted by atomic mass is 9.95. The molecule has 1 aliphatic heterocycles. The Morgan fingerprint density at radius 2 is 2.05 bits per heavy atom. The molecule has 0 spiro atoms. The minimum absolute atomic E-state index is 0.293. The molecular weight excluding hydrogens is 238 g/mol. The summed E-state index contributed by atoms with van der Waals surface area (Å²) < 4.78 is 11.4. The standard InChI is InChI=1S/C16H25NO2/c1-3-17-16(15-7-5-6-12-19-15)13-8-10-14(11-9-13)18-4-2/h8-11,15-17H,3-7,12H2,1-2H3. The Hall–Kier alpha value is -1.06. The van der Waals surface area contributed by atoms with Gasteiger partial charge in [-0.1, -0.05) is 19.1 Å². The van der Waals surface area contributed by atoms with E-state index in [9.17, 15) is 0 Å². The van der Waals surface area contributed by atoms with Crippen LogP contribution in [0.25, 0.3) is 0 Å². The van der Waals surface area contributed by atoms with Gasteiger partial charge in [0.05, 0.1) is 18.8 Å². The SMILES string of the molecule is CCNC(c1ccc(OCC)cc1)C1CCCCO1. The molecule has 2 rings (SSSR count). The molecule has 0 amide bonds. The van der Waals surface area contributed by atoms with Gasteiger partial charge in [-0.05, 0) is 50.4 Å². The second-order valence-electron chi connectivity index (χ2n) is 4.94. The van der Waals surface area contributed by atoms with Crippen LogP contribution >= 0.6 is 0 Å².